The van der Waals surface area contributed by atoms with Gasteiger partial charge in [-0.05, 0) is 0 Å². The third kappa shape index (κ3) is 13.1. The molecule has 201 valence electrons. The van der Waals surface area contributed by atoms with Gasteiger partial charge >= 0.3 is 21.7 Å². The summed E-state index contributed by atoms with van der Waals surface area (Å²) in [4.78, 5) is 0. The van der Waals surface area contributed by atoms with E-state index in [1.807, 2.05) is 182 Å². The van der Waals surface area contributed by atoms with E-state index in [-0.39, 0.29) is 34.1 Å². The fourth-order valence-electron chi connectivity index (χ4n) is 3.46. The summed E-state index contributed by atoms with van der Waals surface area (Å²) in [7, 11) is 0. The summed E-state index contributed by atoms with van der Waals surface area (Å²) in [6, 6.07) is 59.7. The first-order valence-corrected chi connectivity index (χ1v) is 12.8. The van der Waals surface area contributed by atoms with Crippen LogP contribution in [0.5, 0.6) is 0 Å². The van der Waals surface area contributed by atoms with E-state index >= 15 is 0 Å². The van der Waals surface area contributed by atoms with E-state index in [9.17, 15) is 0 Å². The molecule has 0 aliphatic rings. The first-order chi connectivity index (χ1) is 19.3. The normalized spacial score (nSPS) is 9.07. The SMILES string of the molecule is Cl.[Ti+3].c1ccc([N-]c2ccccc2)cc1.c1ccc([N-]c2ccccc2)cc1.c1ccc([N-]c2ccccc2)cc1. The van der Waals surface area contributed by atoms with Crippen molar-refractivity contribution in [2.75, 3.05) is 0 Å². The van der Waals surface area contributed by atoms with Crippen molar-refractivity contribution in [3.63, 3.8) is 0 Å². The van der Waals surface area contributed by atoms with Gasteiger partial charge in [-0.15, -0.1) is 46.5 Å². The number of rotatable bonds is 6. The second-order valence-corrected chi connectivity index (χ2v) is 8.35. The summed E-state index contributed by atoms with van der Waals surface area (Å²) in [6.07, 6.45) is 0. The van der Waals surface area contributed by atoms with Crippen molar-refractivity contribution in [3.8, 4) is 0 Å². The predicted octanol–water partition coefficient (Wildman–Crippen LogP) is 12.5. The number of hydrogen-bond donors (Lipinski definition) is 0. The molecule has 6 rings (SSSR count). The van der Waals surface area contributed by atoms with Gasteiger partial charge in [-0.25, -0.2) is 0 Å². The van der Waals surface area contributed by atoms with Crippen LogP contribution in [0.2, 0.25) is 0 Å². The minimum absolute atomic E-state index is 0. The maximum absolute atomic E-state index is 4.44. The number of benzene rings is 6. The van der Waals surface area contributed by atoms with Crippen molar-refractivity contribution >= 4 is 46.5 Å². The van der Waals surface area contributed by atoms with Gasteiger partial charge in [-0.1, -0.05) is 182 Å². The van der Waals surface area contributed by atoms with Crippen molar-refractivity contribution in [1.82, 2.24) is 0 Å². The van der Waals surface area contributed by atoms with Crippen LogP contribution in [0.1, 0.15) is 0 Å². The third-order valence-corrected chi connectivity index (χ3v) is 5.31. The molecule has 0 unspecified atom stereocenters. The van der Waals surface area contributed by atoms with Crippen molar-refractivity contribution in [1.29, 1.82) is 0 Å². The monoisotopic (exact) mass is 588 g/mol. The number of halogens is 1. The molecule has 0 saturated carbocycles. The van der Waals surface area contributed by atoms with Gasteiger partial charge in [0.15, 0.2) is 0 Å². The minimum atomic E-state index is 0. The van der Waals surface area contributed by atoms with Gasteiger partial charge in [0.05, 0.1) is 0 Å². The Kier molecular flexibility index (Phi) is 15.8. The maximum Gasteiger partial charge on any atom is 3.00 e. The summed E-state index contributed by atoms with van der Waals surface area (Å²) in [5.41, 5.74) is 5.97. The molecule has 0 N–H and O–H groups in total. The zero-order chi connectivity index (χ0) is 26.8. The minimum Gasteiger partial charge on any atom is -0.658 e. The fourth-order valence-corrected chi connectivity index (χ4v) is 3.46. The van der Waals surface area contributed by atoms with Gasteiger partial charge in [0.25, 0.3) is 0 Å². The van der Waals surface area contributed by atoms with Crippen LogP contribution < -0.4 is 0 Å². The second-order valence-electron chi connectivity index (χ2n) is 8.35. The first kappa shape index (κ1) is 32.9. The Morgan fingerprint density at radius 1 is 0.220 bits per heavy atom. The summed E-state index contributed by atoms with van der Waals surface area (Å²) < 4.78 is 0. The molecule has 0 atom stereocenters. The molecular weight excluding hydrogens is 558 g/mol. The molecule has 0 fully saturated rings. The average molecular weight is 589 g/mol. The maximum atomic E-state index is 4.44. The molecule has 0 amide bonds. The number of para-hydroxylation sites is 6. The van der Waals surface area contributed by atoms with Crippen molar-refractivity contribution in [2.45, 2.75) is 0 Å². The molecular formula is C36H31ClN3Ti. The smallest absolute Gasteiger partial charge is 0.658 e. The first-order valence-electron chi connectivity index (χ1n) is 12.8. The molecule has 41 heavy (non-hydrogen) atoms. The van der Waals surface area contributed by atoms with E-state index in [1.165, 1.54) is 0 Å². The molecule has 0 aliphatic heterocycles. The Labute approximate surface area is 265 Å². The van der Waals surface area contributed by atoms with Crippen molar-refractivity contribution in [2.24, 2.45) is 0 Å². The van der Waals surface area contributed by atoms with Crippen LogP contribution in [0.15, 0.2) is 182 Å². The van der Waals surface area contributed by atoms with E-state index < -0.39 is 0 Å². The summed E-state index contributed by atoms with van der Waals surface area (Å²) in [5, 5.41) is 13.3. The molecule has 0 spiro atoms. The van der Waals surface area contributed by atoms with E-state index in [2.05, 4.69) is 16.0 Å². The third-order valence-electron chi connectivity index (χ3n) is 5.31. The zero-order valence-electron chi connectivity index (χ0n) is 22.6. The van der Waals surface area contributed by atoms with E-state index in [4.69, 9.17) is 0 Å². The standard InChI is InChI=1S/3C12H10N.ClH.Ti/c3*1-3-7-11(8-4-1)13-12-9-5-2-6-10-12;;/h3*1-10H;1H;/q3*-1;;+3. The van der Waals surface area contributed by atoms with Crippen molar-refractivity contribution in [3.05, 3.63) is 198 Å². The molecule has 1 radical (unpaired) electrons. The Hall–Kier alpha value is -4.28. The summed E-state index contributed by atoms with van der Waals surface area (Å²) >= 11 is 0. The van der Waals surface area contributed by atoms with Crippen molar-refractivity contribution < 1.29 is 21.7 Å². The molecule has 0 saturated heterocycles. The average Bonchev–Trinajstić information content (AvgIpc) is 3.01. The zero-order valence-corrected chi connectivity index (χ0v) is 24.9. The van der Waals surface area contributed by atoms with Crippen LogP contribution in [0.4, 0.5) is 34.1 Å². The summed E-state index contributed by atoms with van der Waals surface area (Å²) in [5.74, 6) is 0. The molecule has 0 aromatic heterocycles. The van der Waals surface area contributed by atoms with Gasteiger partial charge in [0, 0.05) is 0 Å². The van der Waals surface area contributed by atoms with E-state index in [0.717, 1.165) is 34.1 Å². The molecule has 0 heterocycles. The van der Waals surface area contributed by atoms with Gasteiger partial charge in [-0.3, -0.25) is 0 Å². The quantitative estimate of drug-likeness (QED) is 0.174. The van der Waals surface area contributed by atoms with Crippen LogP contribution in [0, 0.1) is 0 Å². The number of nitrogens with zero attached hydrogens (tertiary/aromatic N) is 3. The Bertz CT molecular complexity index is 1140. The van der Waals surface area contributed by atoms with Gasteiger partial charge in [0.1, 0.15) is 0 Å². The van der Waals surface area contributed by atoms with Crippen LogP contribution in [-0.4, -0.2) is 0 Å². The van der Waals surface area contributed by atoms with Crippen LogP contribution in [0.3, 0.4) is 0 Å². The van der Waals surface area contributed by atoms with Gasteiger partial charge in [-0.2, -0.15) is 0 Å². The molecule has 0 aliphatic carbocycles. The molecule has 5 heteroatoms. The Morgan fingerprint density at radius 3 is 0.463 bits per heavy atom. The van der Waals surface area contributed by atoms with Crippen LogP contribution in [-0.2, 0) is 21.7 Å². The molecule has 0 bridgehead atoms. The van der Waals surface area contributed by atoms with E-state index in [0.29, 0.717) is 0 Å². The Morgan fingerprint density at radius 2 is 0.341 bits per heavy atom. The Balaban J connectivity index is 0.000000210. The van der Waals surface area contributed by atoms with E-state index in [1.54, 1.807) is 0 Å². The predicted molar refractivity (Wildman–Crippen MR) is 174 cm³/mol. The topological polar surface area (TPSA) is 42.3 Å². The number of hydrogen-bond acceptors (Lipinski definition) is 0. The van der Waals surface area contributed by atoms with Gasteiger partial charge < -0.3 is 16.0 Å². The van der Waals surface area contributed by atoms with Crippen LogP contribution >= 0.6 is 12.4 Å². The fraction of sp³-hybridized carbons (Fsp3) is 0. The molecule has 6 aromatic rings. The molecule has 6 aromatic carbocycles. The second kappa shape index (κ2) is 19.7. The van der Waals surface area contributed by atoms with Crippen LogP contribution in [0.25, 0.3) is 16.0 Å². The molecule has 3 nitrogen and oxygen atoms in total. The largest absolute Gasteiger partial charge is 3.00 e. The summed E-state index contributed by atoms with van der Waals surface area (Å²) in [6.45, 7) is 0. The van der Waals surface area contributed by atoms with Gasteiger partial charge in [0.2, 0.25) is 0 Å².